The van der Waals surface area contributed by atoms with Gasteiger partial charge in [0, 0.05) is 7.05 Å². The number of rotatable bonds is 2. The fourth-order valence-corrected chi connectivity index (χ4v) is 0.552. The Hall–Kier alpha value is -0.940. The van der Waals surface area contributed by atoms with Gasteiger partial charge in [0.1, 0.15) is 0 Å². The summed E-state index contributed by atoms with van der Waals surface area (Å²) in [6.07, 6.45) is 1.59. The van der Waals surface area contributed by atoms with Crippen molar-refractivity contribution in [2.75, 3.05) is 0 Å². The number of aryl methyl sites for hydroxylation is 1. The second-order valence-electron chi connectivity index (χ2n) is 1.68. The first-order chi connectivity index (χ1) is 4.34. The lowest BCUT2D eigenvalue weighted by Gasteiger charge is -1.94. The van der Waals surface area contributed by atoms with Crippen molar-refractivity contribution in [2.24, 2.45) is 7.05 Å². The van der Waals surface area contributed by atoms with E-state index in [0.29, 0.717) is 6.54 Å². The van der Waals surface area contributed by atoms with Crippen LogP contribution in [0.3, 0.4) is 0 Å². The van der Waals surface area contributed by atoms with Gasteiger partial charge in [0.05, 0.1) is 18.4 Å². The normalized spacial score (nSPS) is 10.0. The topological polar surface area (TPSA) is 63.0 Å². The molecule has 5 heteroatoms. The number of hydrogen-bond acceptors (Lipinski definition) is 4. The smallest absolute Gasteiger partial charge is 0.0745 e. The molecular weight excluding hydrogens is 120 g/mol. The highest BCUT2D eigenvalue weighted by molar-refractivity contribution is 4.90. The minimum Gasteiger partial charge on any atom is -0.316 e. The molecule has 0 saturated heterocycles. The third-order valence-electron chi connectivity index (χ3n) is 1.07. The van der Waals surface area contributed by atoms with E-state index >= 15 is 0 Å². The van der Waals surface area contributed by atoms with Gasteiger partial charge in [0.25, 0.3) is 0 Å². The van der Waals surface area contributed by atoms with Crippen molar-refractivity contribution >= 4 is 0 Å². The lowest BCUT2D eigenvalue weighted by atomic mass is 10.5. The summed E-state index contributed by atoms with van der Waals surface area (Å²) in [4.78, 5) is 0. The van der Waals surface area contributed by atoms with Crippen molar-refractivity contribution in [2.45, 2.75) is 6.54 Å². The number of hydroxylamine groups is 1. The van der Waals surface area contributed by atoms with Gasteiger partial charge in [-0.25, -0.2) is 0 Å². The molecule has 1 aromatic heterocycles. The van der Waals surface area contributed by atoms with Gasteiger partial charge in [-0.3, -0.25) is 4.68 Å². The summed E-state index contributed by atoms with van der Waals surface area (Å²) in [6, 6.07) is 0. The van der Waals surface area contributed by atoms with E-state index in [4.69, 9.17) is 5.21 Å². The average Bonchev–Trinajstić information content (AvgIpc) is 2.18. The maximum Gasteiger partial charge on any atom is 0.0745 e. The van der Waals surface area contributed by atoms with Crippen LogP contribution < -0.4 is 5.48 Å². The highest BCUT2D eigenvalue weighted by Crippen LogP contribution is 1.89. The first-order valence-electron chi connectivity index (χ1n) is 2.55. The summed E-state index contributed by atoms with van der Waals surface area (Å²) in [5.41, 5.74) is 2.86. The van der Waals surface area contributed by atoms with Crippen LogP contribution in [-0.4, -0.2) is 20.2 Å². The first kappa shape index (κ1) is 6.18. The molecule has 1 aromatic rings. The zero-order valence-corrected chi connectivity index (χ0v) is 5.07. The second kappa shape index (κ2) is 2.56. The molecule has 1 rings (SSSR count). The monoisotopic (exact) mass is 128 g/mol. The first-order valence-corrected chi connectivity index (χ1v) is 2.55. The van der Waals surface area contributed by atoms with E-state index in [2.05, 4.69) is 10.3 Å². The summed E-state index contributed by atoms with van der Waals surface area (Å²) < 4.78 is 1.59. The minimum absolute atomic E-state index is 0.378. The molecule has 2 N–H and O–H groups in total. The number of aromatic nitrogens is 3. The zero-order valence-electron chi connectivity index (χ0n) is 5.07. The summed E-state index contributed by atoms with van der Waals surface area (Å²) in [5, 5.41) is 15.5. The fourth-order valence-electron chi connectivity index (χ4n) is 0.552. The molecule has 5 nitrogen and oxygen atoms in total. The molecule has 50 valence electrons. The molecule has 0 aromatic carbocycles. The molecule has 0 amide bonds. The molecule has 0 bridgehead atoms. The predicted octanol–water partition coefficient (Wildman–Crippen LogP) is -0.706. The summed E-state index contributed by atoms with van der Waals surface area (Å²) in [5.74, 6) is 0. The Labute approximate surface area is 52.3 Å². The van der Waals surface area contributed by atoms with E-state index in [9.17, 15) is 0 Å². The van der Waals surface area contributed by atoms with Crippen LogP contribution in [-0.2, 0) is 13.6 Å². The Morgan fingerprint density at radius 2 is 2.67 bits per heavy atom. The lowest BCUT2D eigenvalue weighted by molar-refractivity contribution is 0.158. The van der Waals surface area contributed by atoms with Crippen molar-refractivity contribution in [3.05, 3.63) is 11.9 Å². The van der Waals surface area contributed by atoms with Gasteiger partial charge < -0.3 is 5.21 Å². The maximum atomic E-state index is 8.24. The summed E-state index contributed by atoms with van der Waals surface area (Å²) >= 11 is 0. The van der Waals surface area contributed by atoms with E-state index in [0.717, 1.165) is 5.69 Å². The van der Waals surface area contributed by atoms with Crippen LogP contribution in [0, 0.1) is 0 Å². The Morgan fingerprint density at radius 1 is 1.89 bits per heavy atom. The van der Waals surface area contributed by atoms with Crippen LogP contribution >= 0.6 is 0 Å². The van der Waals surface area contributed by atoms with Gasteiger partial charge in [-0.05, 0) is 0 Å². The highest BCUT2D eigenvalue weighted by Gasteiger charge is 1.95. The molecule has 1 heterocycles. The van der Waals surface area contributed by atoms with Gasteiger partial charge in [-0.2, -0.15) is 5.48 Å². The molecule has 9 heavy (non-hydrogen) atoms. The Bertz CT molecular complexity index is 184. The minimum atomic E-state index is 0.378. The quantitative estimate of drug-likeness (QED) is 0.517. The molecule has 0 radical (unpaired) electrons. The van der Waals surface area contributed by atoms with Crippen LogP contribution in [0.1, 0.15) is 5.69 Å². The van der Waals surface area contributed by atoms with Gasteiger partial charge in [0.2, 0.25) is 0 Å². The molecule has 0 aliphatic heterocycles. The highest BCUT2D eigenvalue weighted by atomic mass is 16.5. The van der Waals surface area contributed by atoms with E-state index in [1.165, 1.54) is 0 Å². The van der Waals surface area contributed by atoms with E-state index in [-0.39, 0.29) is 0 Å². The molecule has 0 unspecified atom stereocenters. The molecule has 0 spiro atoms. The number of nitrogens with one attached hydrogen (secondary N) is 1. The van der Waals surface area contributed by atoms with E-state index in [1.807, 2.05) is 5.48 Å². The van der Waals surface area contributed by atoms with Crippen LogP contribution in [0.4, 0.5) is 0 Å². The van der Waals surface area contributed by atoms with Gasteiger partial charge >= 0.3 is 0 Å². The standard InChI is InChI=1S/C4H8N4O/c1-8-4(3-6-9)2-5-7-8/h2,6,9H,3H2,1H3. The van der Waals surface area contributed by atoms with Gasteiger partial charge in [-0.15, -0.1) is 5.10 Å². The maximum absolute atomic E-state index is 8.24. The van der Waals surface area contributed by atoms with Crippen LogP contribution in [0.5, 0.6) is 0 Å². The van der Waals surface area contributed by atoms with Gasteiger partial charge in [0.15, 0.2) is 0 Å². The summed E-state index contributed by atoms with van der Waals surface area (Å²) in [7, 11) is 1.76. The third-order valence-corrected chi connectivity index (χ3v) is 1.07. The predicted molar refractivity (Wildman–Crippen MR) is 29.6 cm³/mol. The second-order valence-corrected chi connectivity index (χ2v) is 1.68. The number of hydrogen-bond donors (Lipinski definition) is 2. The fraction of sp³-hybridized carbons (Fsp3) is 0.500. The molecule has 0 aliphatic carbocycles. The van der Waals surface area contributed by atoms with Crippen LogP contribution in [0.2, 0.25) is 0 Å². The van der Waals surface area contributed by atoms with E-state index in [1.54, 1.807) is 17.9 Å². The third kappa shape index (κ3) is 1.24. The lowest BCUT2D eigenvalue weighted by Crippen LogP contribution is -2.10. The molecule has 0 saturated carbocycles. The largest absolute Gasteiger partial charge is 0.316 e. The van der Waals surface area contributed by atoms with Crippen molar-refractivity contribution in [1.82, 2.24) is 20.5 Å². The van der Waals surface area contributed by atoms with Gasteiger partial charge in [-0.1, -0.05) is 5.21 Å². The SMILES string of the molecule is Cn1nncc1CNO. The van der Waals surface area contributed by atoms with Crippen molar-refractivity contribution < 1.29 is 5.21 Å². The summed E-state index contributed by atoms with van der Waals surface area (Å²) in [6.45, 7) is 0.378. The molecule has 0 atom stereocenters. The van der Waals surface area contributed by atoms with Crippen molar-refractivity contribution in [3.63, 3.8) is 0 Å². The molecule has 0 fully saturated rings. The molecular formula is C4H8N4O. The Morgan fingerprint density at radius 3 is 3.11 bits per heavy atom. The van der Waals surface area contributed by atoms with E-state index < -0.39 is 0 Å². The van der Waals surface area contributed by atoms with Crippen LogP contribution in [0.15, 0.2) is 6.20 Å². The van der Waals surface area contributed by atoms with Crippen LogP contribution in [0.25, 0.3) is 0 Å². The number of nitrogens with zero attached hydrogens (tertiary/aromatic N) is 3. The average molecular weight is 128 g/mol. The van der Waals surface area contributed by atoms with Crippen molar-refractivity contribution in [1.29, 1.82) is 0 Å². The Kier molecular flexibility index (Phi) is 1.76. The Balaban J connectivity index is 2.69. The molecule has 0 aliphatic rings. The zero-order chi connectivity index (χ0) is 6.69. The van der Waals surface area contributed by atoms with Crippen molar-refractivity contribution in [3.8, 4) is 0 Å².